The Labute approximate surface area is 266 Å². The number of carboxylic acids is 4. The summed E-state index contributed by atoms with van der Waals surface area (Å²) in [7, 11) is 2.20. The molecule has 45 heavy (non-hydrogen) atoms. The summed E-state index contributed by atoms with van der Waals surface area (Å²) in [5, 5.41) is 31.2. The normalized spacial score (nSPS) is 14.4. The molecule has 2 aromatic carbocycles. The molecule has 2 heterocycles. The number of fused-ring (bicyclic) bond motifs is 2. The second-order valence-corrected chi connectivity index (χ2v) is 11.2. The summed E-state index contributed by atoms with van der Waals surface area (Å²) < 4.78 is 0. The lowest BCUT2D eigenvalue weighted by Crippen LogP contribution is -2.45. The number of carboxylic acid groups (broad SMARTS) is 4. The summed E-state index contributed by atoms with van der Waals surface area (Å²) >= 11 is 1.81. The molecule has 4 N–H and O–H groups in total. The van der Waals surface area contributed by atoms with E-state index in [0.29, 0.717) is 30.7 Å². The fourth-order valence-corrected chi connectivity index (χ4v) is 5.50. The molecule has 0 aliphatic carbocycles. The molecule has 4 rings (SSSR count). The predicted molar refractivity (Wildman–Crippen MR) is 171 cm³/mol. The van der Waals surface area contributed by atoms with Crippen molar-refractivity contribution >= 4 is 52.8 Å². The van der Waals surface area contributed by atoms with Gasteiger partial charge in [-0.25, -0.2) is 19.2 Å². The largest absolute Gasteiger partial charge is 0.478 e. The molecule has 0 amide bonds. The van der Waals surface area contributed by atoms with Crippen LogP contribution in [0.15, 0.2) is 76.6 Å². The molecule has 0 radical (unpaired) electrons. The first kappa shape index (κ1) is 36.7. The van der Waals surface area contributed by atoms with Gasteiger partial charge in [-0.15, -0.1) is 0 Å². The molecule has 2 aliphatic heterocycles. The predicted octanol–water partition coefficient (Wildman–Crippen LogP) is 4.33. The Morgan fingerprint density at radius 3 is 1.80 bits per heavy atom. The van der Waals surface area contributed by atoms with Gasteiger partial charge in [0, 0.05) is 78.8 Å². The van der Waals surface area contributed by atoms with E-state index in [1.165, 1.54) is 21.2 Å². The maximum absolute atomic E-state index is 12.5. The van der Waals surface area contributed by atoms with Crippen LogP contribution in [0.3, 0.4) is 0 Å². The van der Waals surface area contributed by atoms with Gasteiger partial charge < -0.3 is 35.1 Å². The lowest BCUT2D eigenvalue weighted by atomic mass is 10.1. The van der Waals surface area contributed by atoms with Crippen LogP contribution in [0.1, 0.15) is 36.5 Å². The van der Waals surface area contributed by atoms with Gasteiger partial charge in [0.05, 0.1) is 11.4 Å². The molecule has 0 atom stereocenters. The van der Waals surface area contributed by atoms with E-state index in [2.05, 4.69) is 65.1 Å². The molecular formula is C32H39N3O9S. The zero-order chi connectivity index (χ0) is 33.4. The number of hydrogen-bond donors (Lipinski definition) is 4. The standard InChI is InChI=1S/C24H31N3OS.2C4H4O4/c1-3-7-22(28)19-10-11-24-21(18-19)27(20-8-4-5-9-23(20)29-24)13-6-12-26-16-14-25(2)15-17-26;2*5-3(6)1-2-4(7)8/h4-5,8-11,18H,3,6-7,12-17H2,1-2H3;2*1-2H,(H,5,6)(H,7,8)/b;2*2-1-. The highest BCUT2D eigenvalue weighted by molar-refractivity contribution is 7.99. The first-order valence-corrected chi connectivity index (χ1v) is 15.1. The van der Waals surface area contributed by atoms with Crippen molar-refractivity contribution in [1.82, 2.24) is 9.80 Å². The SMILES string of the molecule is CCCC(=O)c1ccc2c(c1)N(CCCN1CCN(C)CC1)c1ccccc1S2.O=C(O)/C=C\C(=O)O.O=C(O)/C=C\C(=O)O. The monoisotopic (exact) mass is 641 g/mol. The van der Waals surface area contributed by atoms with Crippen molar-refractivity contribution in [3.63, 3.8) is 0 Å². The maximum atomic E-state index is 12.5. The minimum absolute atomic E-state index is 0.247. The second-order valence-electron chi connectivity index (χ2n) is 10.1. The second kappa shape index (κ2) is 19.0. The molecule has 0 bridgehead atoms. The fraction of sp³-hybridized carbons (Fsp3) is 0.344. The number of nitrogens with zero attached hydrogens (tertiary/aromatic N) is 3. The zero-order valence-electron chi connectivity index (χ0n) is 25.3. The molecule has 1 fully saturated rings. The number of anilines is 2. The Morgan fingerprint density at radius 2 is 1.27 bits per heavy atom. The number of benzene rings is 2. The van der Waals surface area contributed by atoms with Crippen LogP contribution in [0.4, 0.5) is 11.4 Å². The molecule has 0 spiro atoms. The number of aliphatic carboxylic acids is 4. The first-order valence-electron chi connectivity index (χ1n) is 14.3. The van der Waals surface area contributed by atoms with Crippen LogP contribution >= 0.6 is 11.8 Å². The van der Waals surface area contributed by atoms with Crippen LogP contribution in [0.25, 0.3) is 0 Å². The zero-order valence-corrected chi connectivity index (χ0v) is 26.1. The number of carbonyl (C=O) groups is 5. The Bertz CT molecular complexity index is 1340. The van der Waals surface area contributed by atoms with Gasteiger partial charge in [0.2, 0.25) is 0 Å². The minimum Gasteiger partial charge on any atom is -0.478 e. The number of ketones is 1. The van der Waals surface area contributed by atoms with Gasteiger partial charge >= 0.3 is 23.9 Å². The topological polar surface area (TPSA) is 176 Å². The van der Waals surface area contributed by atoms with Gasteiger partial charge in [0.1, 0.15) is 0 Å². The molecule has 242 valence electrons. The summed E-state index contributed by atoms with van der Waals surface area (Å²) in [5.74, 6) is -4.78. The number of hydrogen-bond acceptors (Lipinski definition) is 9. The Morgan fingerprint density at radius 1 is 0.733 bits per heavy atom. The van der Waals surface area contributed by atoms with Gasteiger partial charge in [-0.05, 0) is 50.7 Å². The van der Waals surface area contributed by atoms with Crippen LogP contribution in [-0.2, 0) is 19.2 Å². The van der Waals surface area contributed by atoms with Crippen LogP contribution in [-0.4, -0.2) is 106 Å². The Kier molecular flexibility index (Phi) is 15.5. The van der Waals surface area contributed by atoms with E-state index in [4.69, 9.17) is 20.4 Å². The van der Waals surface area contributed by atoms with E-state index in [0.717, 1.165) is 57.7 Å². The summed E-state index contributed by atoms with van der Waals surface area (Å²) in [5.41, 5.74) is 3.30. The van der Waals surface area contributed by atoms with Crippen LogP contribution in [0, 0.1) is 0 Å². The van der Waals surface area contributed by atoms with Crippen molar-refractivity contribution in [2.45, 2.75) is 36.0 Å². The number of para-hydroxylation sites is 1. The molecule has 13 heteroatoms. The van der Waals surface area contributed by atoms with Crippen LogP contribution < -0.4 is 4.90 Å². The highest BCUT2D eigenvalue weighted by Crippen LogP contribution is 2.48. The van der Waals surface area contributed by atoms with E-state index >= 15 is 0 Å². The van der Waals surface area contributed by atoms with E-state index in [9.17, 15) is 24.0 Å². The van der Waals surface area contributed by atoms with Gasteiger partial charge in [-0.3, -0.25) is 4.79 Å². The van der Waals surface area contributed by atoms with Crippen molar-refractivity contribution in [3.05, 3.63) is 72.3 Å². The van der Waals surface area contributed by atoms with Crippen molar-refractivity contribution in [2.75, 3.05) is 51.2 Å². The van der Waals surface area contributed by atoms with E-state index in [1.54, 1.807) is 0 Å². The smallest absolute Gasteiger partial charge is 0.328 e. The summed E-state index contributed by atoms with van der Waals surface area (Å²) in [6.45, 7) is 8.81. The minimum atomic E-state index is -1.26. The summed E-state index contributed by atoms with van der Waals surface area (Å²) in [6, 6.07) is 14.9. The van der Waals surface area contributed by atoms with Crippen molar-refractivity contribution < 1.29 is 44.4 Å². The molecule has 0 saturated carbocycles. The molecule has 0 unspecified atom stereocenters. The molecule has 2 aromatic rings. The van der Waals surface area contributed by atoms with Crippen LogP contribution in [0.5, 0.6) is 0 Å². The third-order valence-electron chi connectivity index (χ3n) is 6.61. The number of carbonyl (C=O) groups excluding carboxylic acids is 1. The molecule has 0 aromatic heterocycles. The van der Waals surface area contributed by atoms with Crippen molar-refractivity contribution in [3.8, 4) is 0 Å². The average molecular weight is 642 g/mol. The van der Waals surface area contributed by atoms with Crippen molar-refractivity contribution in [1.29, 1.82) is 0 Å². The van der Waals surface area contributed by atoms with Crippen molar-refractivity contribution in [2.24, 2.45) is 0 Å². The highest BCUT2D eigenvalue weighted by Gasteiger charge is 2.24. The summed E-state index contributed by atoms with van der Waals surface area (Å²) in [6.07, 6.45) is 4.86. The Balaban J connectivity index is 0.000000365. The molecule has 12 nitrogen and oxygen atoms in total. The number of rotatable bonds is 11. The van der Waals surface area contributed by atoms with Gasteiger partial charge in [-0.2, -0.15) is 0 Å². The fourth-order valence-electron chi connectivity index (χ4n) is 4.42. The number of piperazine rings is 1. The Hall–Kier alpha value is -4.46. The molecular weight excluding hydrogens is 602 g/mol. The van der Waals surface area contributed by atoms with E-state index in [-0.39, 0.29) is 5.78 Å². The van der Waals surface area contributed by atoms with E-state index in [1.807, 2.05) is 17.8 Å². The van der Waals surface area contributed by atoms with Crippen LogP contribution in [0.2, 0.25) is 0 Å². The third kappa shape index (κ3) is 13.4. The number of Topliss-reactive ketones (excluding diaryl/α,β-unsaturated/α-hetero) is 1. The lowest BCUT2D eigenvalue weighted by molar-refractivity contribution is -0.134. The average Bonchev–Trinajstić information content (AvgIpc) is 3.00. The van der Waals surface area contributed by atoms with Gasteiger partial charge in [0.25, 0.3) is 0 Å². The van der Waals surface area contributed by atoms with E-state index < -0.39 is 23.9 Å². The third-order valence-corrected chi connectivity index (χ3v) is 7.74. The van der Waals surface area contributed by atoms with Gasteiger partial charge in [0.15, 0.2) is 5.78 Å². The molecule has 1 saturated heterocycles. The quantitative estimate of drug-likeness (QED) is 0.202. The summed E-state index contributed by atoms with van der Waals surface area (Å²) in [4.78, 5) is 60.7. The maximum Gasteiger partial charge on any atom is 0.328 e. The molecule has 2 aliphatic rings. The first-order chi connectivity index (χ1) is 21.4. The number of likely N-dealkylation sites (N-methyl/N-ethyl adjacent to an activating group) is 1. The van der Waals surface area contributed by atoms with Gasteiger partial charge in [-0.1, -0.05) is 36.9 Å². The lowest BCUT2D eigenvalue weighted by Gasteiger charge is -2.35. The highest BCUT2D eigenvalue weighted by atomic mass is 32.2.